The van der Waals surface area contributed by atoms with Crippen molar-refractivity contribution in [3.8, 4) is 0 Å². The number of hydrogen-bond donors (Lipinski definition) is 2. The van der Waals surface area contributed by atoms with Gasteiger partial charge in [-0.05, 0) is 26.3 Å². The smallest absolute Gasteiger partial charge is 0.310 e. The Hall–Kier alpha value is -1.89. The first kappa shape index (κ1) is 14.5. The summed E-state index contributed by atoms with van der Waals surface area (Å²) >= 11 is 0. The fourth-order valence-electron chi connectivity index (χ4n) is 2.52. The van der Waals surface area contributed by atoms with E-state index in [9.17, 15) is 14.7 Å². The molecule has 0 aliphatic carbocycles. The Bertz CT molecular complexity index is 513. The summed E-state index contributed by atoms with van der Waals surface area (Å²) in [5.74, 6) is 0.00895. The Morgan fingerprint density at radius 2 is 2.35 bits per heavy atom. The van der Waals surface area contributed by atoms with Gasteiger partial charge in [-0.1, -0.05) is 12.1 Å². The summed E-state index contributed by atoms with van der Waals surface area (Å²) in [5, 5.41) is 15.6. The monoisotopic (exact) mass is 281 g/mol. The quantitative estimate of drug-likeness (QED) is 0.839. The van der Waals surface area contributed by atoms with E-state index < -0.39 is 11.4 Å². The standard InChI is InChI=1S/C13H19N3O4/c1-3-13(12(18)19)4-5-16(8-13)7-11(17)14-10-6-9(2)20-15-10/h6H,3-5,7-8H2,1-2H3,(H,18,19)(H,14,15,17). The van der Waals surface area contributed by atoms with Crippen LogP contribution < -0.4 is 5.32 Å². The van der Waals surface area contributed by atoms with Crippen molar-refractivity contribution in [2.45, 2.75) is 26.7 Å². The fraction of sp³-hybridized carbons (Fsp3) is 0.615. The van der Waals surface area contributed by atoms with Crippen LogP contribution in [0.5, 0.6) is 0 Å². The lowest BCUT2D eigenvalue weighted by atomic mass is 9.84. The molecule has 1 saturated heterocycles. The summed E-state index contributed by atoms with van der Waals surface area (Å²) < 4.78 is 4.86. The maximum atomic E-state index is 11.9. The number of nitrogens with one attached hydrogen (secondary N) is 1. The van der Waals surface area contributed by atoms with E-state index in [1.165, 1.54) is 0 Å². The number of aromatic nitrogens is 1. The summed E-state index contributed by atoms with van der Waals surface area (Å²) in [6.45, 7) is 4.80. The Labute approximate surface area is 116 Å². The second-order valence-electron chi connectivity index (χ2n) is 5.27. The van der Waals surface area contributed by atoms with Crippen molar-refractivity contribution >= 4 is 17.7 Å². The summed E-state index contributed by atoms with van der Waals surface area (Å²) in [7, 11) is 0. The molecule has 7 nitrogen and oxygen atoms in total. The third kappa shape index (κ3) is 2.98. The number of anilines is 1. The van der Waals surface area contributed by atoms with E-state index in [0.29, 0.717) is 37.5 Å². The van der Waals surface area contributed by atoms with Crippen molar-refractivity contribution < 1.29 is 19.2 Å². The maximum Gasteiger partial charge on any atom is 0.310 e. The lowest BCUT2D eigenvalue weighted by Crippen LogP contribution is -2.37. The van der Waals surface area contributed by atoms with Gasteiger partial charge in [0.05, 0.1) is 12.0 Å². The van der Waals surface area contributed by atoms with E-state index in [2.05, 4.69) is 10.5 Å². The highest BCUT2D eigenvalue weighted by atomic mass is 16.5. The van der Waals surface area contributed by atoms with Gasteiger partial charge < -0.3 is 14.9 Å². The Morgan fingerprint density at radius 3 is 2.85 bits per heavy atom. The molecular formula is C13H19N3O4. The molecule has 1 aliphatic rings. The molecule has 0 aromatic carbocycles. The highest BCUT2D eigenvalue weighted by Crippen LogP contribution is 2.33. The zero-order valence-electron chi connectivity index (χ0n) is 11.7. The predicted octanol–water partition coefficient (Wildman–Crippen LogP) is 1.11. The van der Waals surface area contributed by atoms with Crippen LogP contribution in [0.1, 0.15) is 25.5 Å². The summed E-state index contributed by atoms with van der Waals surface area (Å²) in [6, 6.07) is 1.63. The van der Waals surface area contributed by atoms with Crippen LogP contribution in [0.3, 0.4) is 0 Å². The van der Waals surface area contributed by atoms with Gasteiger partial charge in [0.15, 0.2) is 5.82 Å². The molecule has 1 amide bonds. The van der Waals surface area contributed by atoms with Crippen LogP contribution in [0.15, 0.2) is 10.6 Å². The third-order valence-corrected chi connectivity index (χ3v) is 3.83. The van der Waals surface area contributed by atoms with Crippen molar-refractivity contribution in [3.63, 3.8) is 0 Å². The first-order chi connectivity index (χ1) is 9.45. The number of carbonyl (C=O) groups excluding carboxylic acids is 1. The highest BCUT2D eigenvalue weighted by Gasteiger charge is 2.43. The van der Waals surface area contributed by atoms with Crippen molar-refractivity contribution in [2.24, 2.45) is 5.41 Å². The molecule has 2 rings (SSSR count). The van der Waals surface area contributed by atoms with E-state index in [1.807, 2.05) is 11.8 Å². The number of carboxylic acid groups (broad SMARTS) is 1. The number of carbonyl (C=O) groups is 2. The van der Waals surface area contributed by atoms with Gasteiger partial charge >= 0.3 is 5.97 Å². The van der Waals surface area contributed by atoms with Gasteiger partial charge in [-0.15, -0.1) is 0 Å². The van der Waals surface area contributed by atoms with Gasteiger partial charge in [-0.3, -0.25) is 14.5 Å². The van der Waals surface area contributed by atoms with Gasteiger partial charge in [0.2, 0.25) is 5.91 Å². The first-order valence-electron chi connectivity index (χ1n) is 6.64. The molecule has 1 aromatic rings. The minimum Gasteiger partial charge on any atom is -0.481 e. The molecule has 1 aromatic heterocycles. The molecule has 1 atom stereocenters. The molecule has 2 heterocycles. The van der Waals surface area contributed by atoms with Crippen molar-refractivity contribution in [3.05, 3.63) is 11.8 Å². The molecule has 110 valence electrons. The number of hydrogen-bond acceptors (Lipinski definition) is 5. The van der Waals surface area contributed by atoms with Crippen LogP contribution in [-0.2, 0) is 9.59 Å². The highest BCUT2D eigenvalue weighted by molar-refractivity contribution is 5.91. The second kappa shape index (κ2) is 5.62. The average molecular weight is 281 g/mol. The maximum absolute atomic E-state index is 11.9. The van der Waals surface area contributed by atoms with E-state index in [0.717, 1.165) is 0 Å². The molecule has 2 N–H and O–H groups in total. The molecular weight excluding hydrogens is 262 g/mol. The number of carboxylic acids is 1. The molecule has 7 heteroatoms. The molecule has 1 aliphatic heterocycles. The summed E-state index contributed by atoms with van der Waals surface area (Å²) in [6.07, 6.45) is 1.15. The number of aryl methyl sites for hydroxylation is 1. The molecule has 1 fully saturated rings. The third-order valence-electron chi connectivity index (χ3n) is 3.83. The van der Waals surface area contributed by atoms with E-state index in [-0.39, 0.29) is 12.5 Å². The van der Waals surface area contributed by atoms with Crippen molar-refractivity contribution in [1.29, 1.82) is 0 Å². The number of amides is 1. The van der Waals surface area contributed by atoms with Crippen LogP contribution in [0.25, 0.3) is 0 Å². The molecule has 1 unspecified atom stereocenters. The normalized spacial score (nSPS) is 22.9. The van der Waals surface area contributed by atoms with E-state index in [1.54, 1.807) is 13.0 Å². The van der Waals surface area contributed by atoms with Crippen LogP contribution in [0.4, 0.5) is 5.82 Å². The summed E-state index contributed by atoms with van der Waals surface area (Å²) in [5.41, 5.74) is -0.718. The Balaban J connectivity index is 1.88. The van der Waals surface area contributed by atoms with Crippen LogP contribution in [-0.4, -0.2) is 46.7 Å². The van der Waals surface area contributed by atoms with Crippen LogP contribution >= 0.6 is 0 Å². The first-order valence-corrected chi connectivity index (χ1v) is 6.64. The minimum absolute atomic E-state index is 0.168. The topological polar surface area (TPSA) is 95.7 Å². The molecule has 20 heavy (non-hydrogen) atoms. The average Bonchev–Trinajstić information content (AvgIpc) is 2.97. The molecule has 0 spiro atoms. The lowest BCUT2D eigenvalue weighted by Gasteiger charge is -2.22. The SMILES string of the molecule is CCC1(C(=O)O)CCN(CC(=O)Nc2cc(C)on2)C1. The molecule has 0 bridgehead atoms. The lowest BCUT2D eigenvalue weighted by molar-refractivity contribution is -0.148. The molecule has 0 saturated carbocycles. The minimum atomic E-state index is -0.782. The number of nitrogens with zero attached hydrogens (tertiary/aromatic N) is 2. The van der Waals surface area contributed by atoms with Gasteiger partial charge in [0, 0.05) is 12.6 Å². The number of rotatable bonds is 5. The van der Waals surface area contributed by atoms with Crippen molar-refractivity contribution in [1.82, 2.24) is 10.1 Å². The zero-order chi connectivity index (χ0) is 14.8. The van der Waals surface area contributed by atoms with Crippen LogP contribution in [0.2, 0.25) is 0 Å². The predicted molar refractivity (Wildman–Crippen MR) is 71.3 cm³/mol. The summed E-state index contributed by atoms with van der Waals surface area (Å²) in [4.78, 5) is 25.1. The van der Waals surface area contributed by atoms with E-state index >= 15 is 0 Å². The van der Waals surface area contributed by atoms with Gasteiger partial charge in [-0.2, -0.15) is 0 Å². The van der Waals surface area contributed by atoms with Gasteiger partial charge in [0.1, 0.15) is 5.76 Å². The van der Waals surface area contributed by atoms with E-state index in [4.69, 9.17) is 4.52 Å². The second-order valence-corrected chi connectivity index (χ2v) is 5.27. The number of likely N-dealkylation sites (tertiary alicyclic amines) is 1. The van der Waals surface area contributed by atoms with Gasteiger partial charge in [0.25, 0.3) is 0 Å². The number of aliphatic carboxylic acids is 1. The molecule has 0 radical (unpaired) electrons. The largest absolute Gasteiger partial charge is 0.481 e. The van der Waals surface area contributed by atoms with Crippen molar-refractivity contribution in [2.75, 3.05) is 25.0 Å². The van der Waals surface area contributed by atoms with Gasteiger partial charge in [-0.25, -0.2) is 0 Å². The van der Waals surface area contributed by atoms with Crippen LogP contribution in [0, 0.1) is 12.3 Å². The zero-order valence-corrected chi connectivity index (χ0v) is 11.7. The Morgan fingerprint density at radius 1 is 1.60 bits per heavy atom. The fourth-order valence-corrected chi connectivity index (χ4v) is 2.52. The Kier molecular flexibility index (Phi) is 4.08.